The van der Waals surface area contributed by atoms with Gasteiger partial charge in [-0.15, -0.1) is 0 Å². The number of amides is 2. The Hall–Kier alpha value is -2.24. The Morgan fingerprint density at radius 2 is 2.14 bits per heavy atom. The summed E-state index contributed by atoms with van der Waals surface area (Å²) in [4.78, 5) is 28.3. The molecule has 5 aliphatic rings. The molecule has 3 aliphatic carbocycles. The van der Waals surface area contributed by atoms with E-state index in [9.17, 15) is 9.59 Å². The second-order valence-electron chi connectivity index (χ2n) is 9.26. The first-order chi connectivity index (χ1) is 14.0. The van der Waals surface area contributed by atoms with Crippen LogP contribution in [0.4, 0.5) is 0 Å². The first kappa shape index (κ1) is 18.8. The molecule has 6 nitrogen and oxygen atoms in total. The molecule has 1 N–H and O–H groups in total. The standard InChI is InChI=1S/C23H30N2O4/c1-14-5-3-4-10-25(14)22(27)19-11-16-7-6-15(19)13-23(16)24-21(26)18-9-8-17(28-2)12-20(18)29-23/h8-9,12,14-16,19H,3-7,10-11,13H2,1-2H3,(H,24,26). The quantitative estimate of drug-likeness (QED) is 0.830. The Morgan fingerprint density at radius 3 is 2.86 bits per heavy atom. The Morgan fingerprint density at radius 1 is 1.28 bits per heavy atom. The van der Waals surface area contributed by atoms with Crippen molar-refractivity contribution in [2.45, 2.75) is 63.6 Å². The van der Waals surface area contributed by atoms with E-state index in [0.717, 1.165) is 38.6 Å². The summed E-state index contributed by atoms with van der Waals surface area (Å²) in [6.45, 7) is 3.06. The van der Waals surface area contributed by atoms with Gasteiger partial charge in [0.25, 0.3) is 5.91 Å². The van der Waals surface area contributed by atoms with Crippen LogP contribution in [0.5, 0.6) is 11.5 Å². The van der Waals surface area contributed by atoms with Crippen molar-refractivity contribution in [1.29, 1.82) is 0 Å². The minimum atomic E-state index is -0.691. The largest absolute Gasteiger partial charge is 0.497 e. The fourth-order valence-corrected chi connectivity index (χ4v) is 6.06. The predicted molar refractivity (Wildman–Crippen MR) is 108 cm³/mol. The number of benzene rings is 1. The first-order valence-electron chi connectivity index (χ1n) is 11.0. The van der Waals surface area contributed by atoms with E-state index >= 15 is 0 Å². The summed E-state index contributed by atoms with van der Waals surface area (Å²) >= 11 is 0. The molecule has 29 heavy (non-hydrogen) atoms. The Labute approximate surface area is 171 Å². The van der Waals surface area contributed by atoms with Crippen LogP contribution in [0.25, 0.3) is 0 Å². The van der Waals surface area contributed by atoms with Crippen LogP contribution in [-0.4, -0.2) is 42.1 Å². The molecule has 1 aromatic rings. The Bertz CT molecular complexity index is 840. The van der Waals surface area contributed by atoms with Gasteiger partial charge in [-0.3, -0.25) is 9.59 Å². The molecule has 5 atom stereocenters. The number of nitrogens with zero attached hydrogens (tertiary/aromatic N) is 1. The molecular weight excluding hydrogens is 368 g/mol. The summed E-state index contributed by atoms with van der Waals surface area (Å²) < 4.78 is 11.8. The second kappa shape index (κ2) is 6.92. The number of nitrogens with one attached hydrogen (secondary N) is 1. The molecular formula is C23H30N2O4. The topological polar surface area (TPSA) is 67.9 Å². The van der Waals surface area contributed by atoms with Gasteiger partial charge in [-0.25, -0.2) is 0 Å². The molecule has 6 heteroatoms. The fraction of sp³-hybridized carbons (Fsp3) is 0.652. The highest BCUT2D eigenvalue weighted by Crippen LogP contribution is 2.53. The highest BCUT2D eigenvalue weighted by molar-refractivity contribution is 5.98. The van der Waals surface area contributed by atoms with Crippen LogP contribution in [0.15, 0.2) is 18.2 Å². The number of carbonyl (C=O) groups is 2. The molecule has 3 saturated carbocycles. The van der Waals surface area contributed by atoms with Gasteiger partial charge in [0.2, 0.25) is 5.91 Å². The van der Waals surface area contributed by atoms with Gasteiger partial charge in [0.1, 0.15) is 11.5 Å². The molecule has 6 rings (SSSR count). The maximum absolute atomic E-state index is 13.4. The lowest BCUT2D eigenvalue weighted by Crippen LogP contribution is -2.67. The fourth-order valence-electron chi connectivity index (χ4n) is 6.06. The van der Waals surface area contributed by atoms with E-state index in [-0.39, 0.29) is 23.7 Å². The molecule has 5 unspecified atom stereocenters. The third-order valence-corrected chi connectivity index (χ3v) is 7.67. The van der Waals surface area contributed by atoms with Crippen molar-refractivity contribution in [2.24, 2.45) is 17.8 Å². The van der Waals surface area contributed by atoms with E-state index in [2.05, 4.69) is 17.1 Å². The number of piperidine rings is 1. The highest BCUT2D eigenvalue weighted by Gasteiger charge is 2.57. The number of rotatable bonds is 2. The van der Waals surface area contributed by atoms with Crippen molar-refractivity contribution < 1.29 is 19.1 Å². The van der Waals surface area contributed by atoms with Crippen molar-refractivity contribution in [3.63, 3.8) is 0 Å². The van der Waals surface area contributed by atoms with E-state index in [1.165, 1.54) is 6.42 Å². The minimum absolute atomic E-state index is 0.0622. The van der Waals surface area contributed by atoms with Crippen molar-refractivity contribution in [2.75, 3.05) is 13.7 Å². The van der Waals surface area contributed by atoms with E-state index in [1.807, 2.05) is 0 Å². The van der Waals surface area contributed by atoms with Crippen molar-refractivity contribution in [3.8, 4) is 11.5 Å². The predicted octanol–water partition coefficient (Wildman–Crippen LogP) is 3.35. The molecule has 2 aliphatic heterocycles. The van der Waals surface area contributed by atoms with Crippen LogP contribution in [0.3, 0.4) is 0 Å². The zero-order valence-corrected chi connectivity index (χ0v) is 17.3. The molecule has 2 bridgehead atoms. The molecule has 4 fully saturated rings. The maximum Gasteiger partial charge on any atom is 0.258 e. The SMILES string of the molecule is COc1ccc2c(c1)OC1(CC3CCC1CC3C(=O)N1CCCCC1C)NC2=O. The molecule has 2 heterocycles. The first-order valence-corrected chi connectivity index (χ1v) is 11.0. The number of carbonyl (C=O) groups excluding carboxylic acids is 2. The number of hydrogen-bond acceptors (Lipinski definition) is 4. The van der Waals surface area contributed by atoms with Gasteiger partial charge in [0.15, 0.2) is 5.72 Å². The lowest BCUT2D eigenvalue weighted by atomic mass is 9.59. The highest BCUT2D eigenvalue weighted by atomic mass is 16.5. The summed E-state index contributed by atoms with van der Waals surface area (Å²) in [5.74, 6) is 1.99. The van der Waals surface area contributed by atoms with E-state index in [1.54, 1.807) is 25.3 Å². The zero-order valence-electron chi connectivity index (χ0n) is 17.3. The smallest absolute Gasteiger partial charge is 0.258 e. The lowest BCUT2D eigenvalue weighted by molar-refractivity contribution is -0.158. The summed E-state index contributed by atoms with van der Waals surface area (Å²) in [5.41, 5.74) is -0.142. The third-order valence-electron chi connectivity index (χ3n) is 7.67. The molecule has 1 saturated heterocycles. The lowest BCUT2D eigenvalue weighted by Gasteiger charge is -2.55. The van der Waals surface area contributed by atoms with Crippen LogP contribution < -0.4 is 14.8 Å². The van der Waals surface area contributed by atoms with Crippen LogP contribution in [0.1, 0.15) is 62.2 Å². The van der Waals surface area contributed by atoms with Gasteiger partial charge in [-0.2, -0.15) is 0 Å². The average molecular weight is 399 g/mol. The Kier molecular flexibility index (Phi) is 4.48. The number of methoxy groups -OCH3 is 1. The molecule has 156 valence electrons. The van der Waals surface area contributed by atoms with Gasteiger partial charge in [0, 0.05) is 36.9 Å². The van der Waals surface area contributed by atoms with Gasteiger partial charge in [-0.05, 0) is 63.5 Å². The molecule has 0 aromatic heterocycles. The van der Waals surface area contributed by atoms with Gasteiger partial charge in [0.05, 0.1) is 12.7 Å². The summed E-state index contributed by atoms with van der Waals surface area (Å²) in [5, 5.41) is 3.18. The van der Waals surface area contributed by atoms with E-state index in [4.69, 9.17) is 9.47 Å². The monoisotopic (exact) mass is 398 g/mol. The summed E-state index contributed by atoms with van der Waals surface area (Å²) in [7, 11) is 1.61. The molecule has 1 aromatic carbocycles. The van der Waals surface area contributed by atoms with Crippen LogP contribution in [0.2, 0.25) is 0 Å². The Balaban J connectivity index is 1.38. The van der Waals surface area contributed by atoms with E-state index < -0.39 is 5.72 Å². The minimum Gasteiger partial charge on any atom is -0.497 e. The number of ether oxygens (including phenoxy) is 2. The summed E-state index contributed by atoms with van der Waals surface area (Å²) in [6.07, 6.45) is 6.96. The van der Waals surface area contributed by atoms with Crippen molar-refractivity contribution in [1.82, 2.24) is 10.2 Å². The summed E-state index contributed by atoms with van der Waals surface area (Å²) in [6, 6.07) is 5.68. The molecule has 1 spiro atoms. The molecule has 2 amide bonds. The van der Waals surface area contributed by atoms with Crippen LogP contribution in [-0.2, 0) is 4.79 Å². The normalized spacial score (nSPS) is 35.7. The van der Waals surface area contributed by atoms with Crippen LogP contribution in [0, 0.1) is 17.8 Å². The third kappa shape index (κ3) is 2.99. The van der Waals surface area contributed by atoms with Crippen LogP contribution >= 0.6 is 0 Å². The van der Waals surface area contributed by atoms with Crippen molar-refractivity contribution in [3.05, 3.63) is 23.8 Å². The zero-order chi connectivity index (χ0) is 20.2. The average Bonchev–Trinajstić information content (AvgIpc) is 2.73. The van der Waals surface area contributed by atoms with Gasteiger partial charge >= 0.3 is 0 Å². The molecule has 0 radical (unpaired) electrons. The van der Waals surface area contributed by atoms with Crippen molar-refractivity contribution >= 4 is 11.8 Å². The number of likely N-dealkylation sites (tertiary alicyclic amines) is 1. The van der Waals surface area contributed by atoms with Gasteiger partial charge < -0.3 is 19.7 Å². The second-order valence-corrected chi connectivity index (χ2v) is 9.26. The number of hydrogen-bond donors (Lipinski definition) is 1. The van der Waals surface area contributed by atoms with E-state index in [0.29, 0.717) is 35.4 Å². The maximum atomic E-state index is 13.4. The van der Waals surface area contributed by atoms with Gasteiger partial charge in [-0.1, -0.05) is 0 Å². The number of fused-ring (bicyclic) bond motifs is 3.